The molecule has 3 aromatic rings. The number of sulfonamides is 1. The number of rotatable bonds is 7. The Morgan fingerprint density at radius 2 is 1.55 bits per heavy atom. The molecule has 31 heavy (non-hydrogen) atoms. The third-order valence-electron chi connectivity index (χ3n) is 5.11. The summed E-state index contributed by atoms with van der Waals surface area (Å²) in [5.74, 6) is -1.61. The predicted octanol–water partition coefficient (Wildman–Crippen LogP) is 6.28. The Bertz CT molecular complexity index is 1170. The Morgan fingerprint density at radius 1 is 0.935 bits per heavy atom. The molecule has 1 unspecified atom stereocenters. The minimum atomic E-state index is -4.28. The molecule has 0 heterocycles. The van der Waals surface area contributed by atoms with Crippen molar-refractivity contribution in [2.24, 2.45) is 0 Å². The van der Waals surface area contributed by atoms with Gasteiger partial charge in [0.15, 0.2) is 0 Å². The van der Waals surface area contributed by atoms with Gasteiger partial charge >= 0.3 is 0 Å². The molecule has 2 atom stereocenters. The first-order valence-electron chi connectivity index (χ1n) is 9.53. The van der Waals surface area contributed by atoms with Crippen molar-refractivity contribution >= 4 is 27.3 Å². The van der Waals surface area contributed by atoms with Crippen LogP contribution in [0.5, 0.6) is 0 Å². The summed E-state index contributed by atoms with van der Waals surface area (Å²) in [7, 11) is -2.74. The van der Waals surface area contributed by atoms with Crippen LogP contribution in [0, 0.1) is 11.6 Å². The van der Waals surface area contributed by atoms with Crippen LogP contribution in [0.1, 0.15) is 37.1 Å². The molecule has 0 N–H and O–H groups in total. The van der Waals surface area contributed by atoms with Gasteiger partial charge in [-0.25, -0.2) is 17.2 Å². The molecular formula is C23H22ClF2NO3S. The van der Waals surface area contributed by atoms with E-state index >= 15 is 0 Å². The monoisotopic (exact) mass is 465 g/mol. The number of halogens is 3. The minimum Gasteiger partial charge on any atom is -0.377 e. The summed E-state index contributed by atoms with van der Waals surface area (Å²) in [6.45, 7) is 3.45. The minimum absolute atomic E-state index is 0.0929. The van der Waals surface area contributed by atoms with Gasteiger partial charge in [0.05, 0.1) is 22.7 Å². The molecule has 0 aliphatic rings. The predicted molar refractivity (Wildman–Crippen MR) is 118 cm³/mol. The molecule has 0 spiro atoms. The Kier molecular flexibility index (Phi) is 6.99. The van der Waals surface area contributed by atoms with Gasteiger partial charge < -0.3 is 4.74 Å². The van der Waals surface area contributed by atoms with Gasteiger partial charge in [0.1, 0.15) is 11.6 Å². The van der Waals surface area contributed by atoms with Crippen molar-refractivity contribution in [3.63, 3.8) is 0 Å². The molecule has 0 aromatic heterocycles. The lowest BCUT2D eigenvalue weighted by molar-refractivity contribution is 0.118. The van der Waals surface area contributed by atoms with Crippen LogP contribution in [0.25, 0.3) is 0 Å². The van der Waals surface area contributed by atoms with Crippen LogP contribution in [0.15, 0.2) is 71.6 Å². The van der Waals surface area contributed by atoms with E-state index < -0.39 is 27.7 Å². The molecule has 3 aromatic carbocycles. The first-order chi connectivity index (χ1) is 14.7. The van der Waals surface area contributed by atoms with E-state index in [1.165, 1.54) is 24.3 Å². The van der Waals surface area contributed by atoms with Gasteiger partial charge in [-0.2, -0.15) is 0 Å². The number of hydrogen-bond donors (Lipinski definition) is 0. The lowest BCUT2D eigenvalue weighted by Gasteiger charge is -2.33. The summed E-state index contributed by atoms with van der Waals surface area (Å²) in [5, 5.41) is 0.356. The zero-order chi connectivity index (χ0) is 22.8. The maximum Gasteiger partial charge on any atom is 0.264 e. The van der Waals surface area contributed by atoms with E-state index in [4.69, 9.17) is 16.3 Å². The normalized spacial score (nSPS) is 13.6. The van der Waals surface area contributed by atoms with Gasteiger partial charge in [-0.3, -0.25) is 4.31 Å². The molecule has 0 aliphatic carbocycles. The molecule has 0 radical (unpaired) electrons. The van der Waals surface area contributed by atoms with Crippen molar-refractivity contribution in [1.29, 1.82) is 0 Å². The van der Waals surface area contributed by atoms with Crippen molar-refractivity contribution in [1.82, 2.24) is 0 Å². The Morgan fingerprint density at radius 3 is 2.16 bits per heavy atom. The van der Waals surface area contributed by atoms with Crippen LogP contribution in [0.4, 0.5) is 14.5 Å². The number of methoxy groups -OCH3 is 1. The highest BCUT2D eigenvalue weighted by Gasteiger charge is 2.34. The van der Waals surface area contributed by atoms with E-state index in [0.717, 1.165) is 28.1 Å². The third kappa shape index (κ3) is 4.74. The van der Waals surface area contributed by atoms with Crippen LogP contribution in [-0.4, -0.2) is 15.5 Å². The molecule has 0 fully saturated rings. The summed E-state index contributed by atoms with van der Waals surface area (Å²) < 4.78 is 62.5. The summed E-state index contributed by atoms with van der Waals surface area (Å²) >= 11 is 5.90. The molecule has 8 heteroatoms. The summed E-state index contributed by atoms with van der Waals surface area (Å²) in [5.41, 5.74) is 0.964. The second-order valence-corrected chi connectivity index (χ2v) is 9.28. The quantitative estimate of drug-likeness (QED) is 0.412. The Labute approximate surface area is 186 Å². The molecule has 4 nitrogen and oxygen atoms in total. The zero-order valence-electron chi connectivity index (χ0n) is 17.2. The van der Waals surface area contributed by atoms with Gasteiger partial charge in [0, 0.05) is 18.2 Å². The lowest BCUT2D eigenvalue weighted by atomic mass is 9.97. The van der Waals surface area contributed by atoms with Crippen molar-refractivity contribution in [3.8, 4) is 0 Å². The standard InChI is InChI=1S/C23H22ClF2NO3S/c1-15(20-6-4-5-7-21(20)16(2)30-3)27(23-14-18(25)10-13-22(23)26)31(28,29)19-11-8-17(24)9-12-19/h4-16H,1-3H3/t15-,16?/m1/s1. The maximum absolute atomic E-state index is 14.8. The van der Waals surface area contributed by atoms with Crippen LogP contribution in [-0.2, 0) is 14.8 Å². The largest absolute Gasteiger partial charge is 0.377 e. The first-order valence-corrected chi connectivity index (χ1v) is 11.3. The average molecular weight is 466 g/mol. The number of benzene rings is 3. The highest BCUT2D eigenvalue weighted by Crippen LogP contribution is 2.38. The van der Waals surface area contributed by atoms with Crippen LogP contribution < -0.4 is 4.31 Å². The molecule has 0 amide bonds. The van der Waals surface area contributed by atoms with Gasteiger partial charge in [0.2, 0.25) is 0 Å². The number of ether oxygens (including phenoxy) is 1. The Balaban J connectivity index is 2.25. The van der Waals surface area contributed by atoms with Gasteiger partial charge in [-0.1, -0.05) is 35.9 Å². The fourth-order valence-corrected chi connectivity index (χ4v) is 5.20. The molecule has 0 aliphatic heterocycles. The smallest absolute Gasteiger partial charge is 0.264 e. The fraction of sp³-hybridized carbons (Fsp3) is 0.217. The highest BCUT2D eigenvalue weighted by molar-refractivity contribution is 7.92. The van der Waals surface area contributed by atoms with Crippen molar-refractivity contribution < 1.29 is 21.9 Å². The summed E-state index contributed by atoms with van der Waals surface area (Å²) in [4.78, 5) is -0.0929. The SMILES string of the molecule is COC(C)c1ccccc1[C@@H](C)N(c1cc(F)ccc1F)S(=O)(=O)c1ccc(Cl)cc1. The number of nitrogens with zero attached hydrogens (tertiary/aromatic N) is 1. The van der Waals surface area contributed by atoms with Crippen molar-refractivity contribution in [2.45, 2.75) is 30.9 Å². The van der Waals surface area contributed by atoms with Crippen molar-refractivity contribution in [3.05, 3.63) is 94.5 Å². The molecule has 0 saturated carbocycles. The molecular weight excluding hydrogens is 444 g/mol. The van der Waals surface area contributed by atoms with Crippen LogP contribution in [0.2, 0.25) is 5.02 Å². The highest BCUT2D eigenvalue weighted by atomic mass is 35.5. The van der Waals surface area contributed by atoms with E-state index in [1.54, 1.807) is 26.2 Å². The van der Waals surface area contributed by atoms with Crippen molar-refractivity contribution in [2.75, 3.05) is 11.4 Å². The van der Waals surface area contributed by atoms with E-state index in [2.05, 4.69) is 0 Å². The topological polar surface area (TPSA) is 46.6 Å². The van der Waals surface area contributed by atoms with Gasteiger partial charge in [0.25, 0.3) is 10.0 Å². The van der Waals surface area contributed by atoms with Crippen LogP contribution in [0.3, 0.4) is 0 Å². The molecule has 164 valence electrons. The molecule has 0 saturated heterocycles. The second-order valence-electron chi connectivity index (χ2n) is 7.03. The third-order valence-corrected chi connectivity index (χ3v) is 7.26. The number of anilines is 1. The summed E-state index contributed by atoms with van der Waals surface area (Å²) in [6.07, 6.45) is -0.337. The first kappa shape index (κ1) is 23.2. The van der Waals surface area contributed by atoms with Gasteiger partial charge in [-0.15, -0.1) is 0 Å². The zero-order valence-corrected chi connectivity index (χ0v) is 18.8. The lowest BCUT2D eigenvalue weighted by Crippen LogP contribution is -2.35. The Hall–Kier alpha value is -2.48. The second kappa shape index (κ2) is 9.34. The van der Waals surface area contributed by atoms with Crippen LogP contribution >= 0.6 is 11.6 Å². The molecule has 3 rings (SSSR count). The fourth-order valence-electron chi connectivity index (χ4n) is 3.44. The molecule has 0 bridgehead atoms. The van der Waals surface area contributed by atoms with E-state index in [-0.39, 0.29) is 16.7 Å². The summed E-state index contributed by atoms with van der Waals surface area (Å²) in [6, 6.07) is 14.5. The average Bonchev–Trinajstić information content (AvgIpc) is 2.75. The van der Waals surface area contributed by atoms with E-state index in [9.17, 15) is 17.2 Å². The van der Waals surface area contributed by atoms with E-state index in [0.29, 0.717) is 10.6 Å². The number of hydrogen-bond acceptors (Lipinski definition) is 3. The van der Waals surface area contributed by atoms with E-state index in [1.807, 2.05) is 19.1 Å². The maximum atomic E-state index is 14.8. The van der Waals surface area contributed by atoms with Gasteiger partial charge in [-0.05, 0) is 61.4 Å².